The second kappa shape index (κ2) is 9.63. The number of aromatic nitrogens is 3. The van der Waals surface area contributed by atoms with Crippen LogP contribution in [0, 0.1) is 12.7 Å². The first kappa shape index (κ1) is 23.4. The lowest BCUT2D eigenvalue weighted by Gasteiger charge is -2.13. The number of pyridine rings is 1. The summed E-state index contributed by atoms with van der Waals surface area (Å²) in [5.74, 6) is -0.610. The third-order valence-corrected chi connectivity index (χ3v) is 5.94. The highest BCUT2D eigenvalue weighted by molar-refractivity contribution is 6.08. The molecule has 34 heavy (non-hydrogen) atoms. The van der Waals surface area contributed by atoms with Crippen molar-refractivity contribution < 1.29 is 9.18 Å². The highest BCUT2D eigenvalue weighted by atomic mass is 19.1. The first-order chi connectivity index (χ1) is 16.3. The van der Waals surface area contributed by atoms with Gasteiger partial charge in [0.1, 0.15) is 5.82 Å². The first-order valence-corrected chi connectivity index (χ1v) is 11.6. The molecule has 0 aliphatic rings. The van der Waals surface area contributed by atoms with Gasteiger partial charge in [-0.15, -0.1) is 0 Å². The van der Waals surface area contributed by atoms with Crippen LogP contribution in [0.15, 0.2) is 53.5 Å². The molecule has 0 saturated heterocycles. The second-order valence-electron chi connectivity index (χ2n) is 8.86. The largest absolute Gasteiger partial charge is 0.348 e. The molecule has 2 aromatic carbocycles. The molecule has 2 aromatic heterocycles. The molecular formula is C27H29FN4O2. The molecule has 0 bridgehead atoms. The maximum Gasteiger partial charge on any atom is 0.253 e. The molecule has 0 aliphatic carbocycles. The van der Waals surface area contributed by atoms with Crippen molar-refractivity contribution in [1.29, 1.82) is 0 Å². The Morgan fingerprint density at radius 1 is 1.15 bits per heavy atom. The molecule has 4 rings (SSSR count). The van der Waals surface area contributed by atoms with Gasteiger partial charge < -0.3 is 10.3 Å². The Balaban J connectivity index is 1.74. The van der Waals surface area contributed by atoms with Gasteiger partial charge in [0.25, 0.3) is 11.5 Å². The van der Waals surface area contributed by atoms with E-state index in [-0.39, 0.29) is 29.9 Å². The minimum Gasteiger partial charge on any atom is -0.348 e. The first-order valence-electron chi connectivity index (χ1n) is 11.6. The van der Waals surface area contributed by atoms with Crippen LogP contribution in [0.25, 0.3) is 22.0 Å². The van der Waals surface area contributed by atoms with E-state index in [1.807, 2.05) is 37.6 Å². The van der Waals surface area contributed by atoms with Gasteiger partial charge in [0.15, 0.2) is 0 Å². The van der Waals surface area contributed by atoms with Crippen LogP contribution in [0.2, 0.25) is 0 Å². The van der Waals surface area contributed by atoms with Gasteiger partial charge in [0.05, 0.1) is 17.3 Å². The average molecular weight is 461 g/mol. The Morgan fingerprint density at radius 2 is 1.88 bits per heavy atom. The molecule has 1 amide bonds. The number of carbonyl (C=O) groups is 1. The number of nitrogens with zero attached hydrogens (tertiary/aromatic N) is 2. The van der Waals surface area contributed by atoms with E-state index in [2.05, 4.69) is 22.3 Å². The lowest BCUT2D eigenvalue weighted by Crippen LogP contribution is -2.28. The molecule has 0 radical (unpaired) electrons. The molecule has 6 nitrogen and oxygen atoms in total. The molecule has 0 saturated carbocycles. The minimum atomic E-state index is -0.318. The maximum absolute atomic E-state index is 13.5. The third-order valence-electron chi connectivity index (χ3n) is 5.94. The number of hydrogen-bond donors (Lipinski definition) is 2. The molecule has 176 valence electrons. The fourth-order valence-corrected chi connectivity index (χ4v) is 4.29. The molecule has 0 atom stereocenters. The zero-order chi connectivity index (χ0) is 24.4. The normalized spacial score (nSPS) is 11.4. The van der Waals surface area contributed by atoms with E-state index in [0.29, 0.717) is 11.1 Å². The van der Waals surface area contributed by atoms with Gasteiger partial charge >= 0.3 is 0 Å². The maximum atomic E-state index is 13.5. The van der Waals surface area contributed by atoms with E-state index in [9.17, 15) is 14.0 Å². The predicted octanol–water partition coefficient (Wildman–Crippen LogP) is 5.30. The summed E-state index contributed by atoms with van der Waals surface area (Å²) in [6, 6.07) is 12.0. The number of nitrogens with one attached hydrogen (secondary N) is 2. The fourth-order valence-electron chi connectivity index (χ4n) is 4.29. The standard InChI is InChI=1S/C27H29FN4O2/c1-5-6-19-11-17(4)31-27(34)23(19)14-29-26(33)22-12-20(18-7-9-21(28)10-8-18)13-25-24(22)15-30-32(25)16(2)3/h7-13,15-16H,5-6,14H2,1-4H3,(H,29,33)(H,31,34). The fraction of sp³-hybridized carbons (Fsp3) is 0.296. The number of carbonyl (C=O) groups excluding carboxylic acids is 1. The molecule has 7 heteroatoms. The summed E-state index contributed by atoms with van der Waals surface area (Å²) in [5.41, 5.74) is 5.02. The predicted molar refractivity (Wildman–Crippen MR) is 132 cm³/mol. The molecule has 0 unspecified atom stereocenters. The SMILES string of the molecule is CCCc1cc(C)[nH]c(=O)c1CNC(=O)c1cc(-c2ccc(F)cc2)cc2c1cnn2C(C)C. The van der Waals surface area contributed by atoms with Gasteiger partial charge in [-0.3, -0.25) is 14.3 Å². The molecular weight excluding hydrogens is 431 g/mol. The van der Waals surface area contributed by atoms with Gasteiger partial charge in [-0.2, -0.15) is 5.10 Å². The molecule has 0 aliphatic heterocycles. The Labute approximate surface area is 197 Å². The molecule has 4 aromatic rings. The Bertz CT molecular complexity index is 1400. The summed E-state index contributed by atoms with van der Waals surface area (Å²) in [5, 5.41) is 8.15. The van der Waals surface area contributed by atoms with Crippen molar-refractivity contribution in [3.63, 3.8) is 0 Å². The topological polar surface area (TPSA) is 79.8 Å². The van der Waals surface area contributed by atoms with Crippen LogP contribution in [0.4, 0.5) is 4.39 Å². The van der Waals surface area contributed by atoms with Gasteiger partial charge in [-0.1, -0.05) is 25.5 Å². The third kappa shape index (κ3) is 4.64. The van der Waals surface area contributed by atoms with Crippen LogP contribution in [0.3, 0.4) is 0 Å². The highest BCUT2D eigenvalue weighted by Crippen LogP contribution is 2.29. The molecule has 2 N–H and O–H groups in total. The van der Waals surface area contributed by atoms with Crippen molar-refractivity contribution >= 4 is 16.8 Å². The van der Waals surface area contributed by atoms with Crippen molar-refractivity contribution in [2.75, 3.05) is 0 Å². The number of aromatic amines is 1. The summed E-state index contributed by atoms with van der Waals surface area (Å²) in [4.78, 5) is 28.8. The van der Waals surface area contributed by atoms with Crippen molar-refractivity contribution in [2.45, 2.75) is 53.1 Å². The van der Waals surface area contributed by atoms with Crippen LogP contribution >= 0.6 is 0 Å². The summed E-state index contributed by atoms with van der Waals surface area (Å²) in [6.07, 6.45) is 3.36. The molecule has 0 fully saturated rings. The van der Waals surface area contributed by atoms with Crippen LogP contribution in [-0.4, -0.2) is 20.7 Å². The molecule has 0 spiro atoms. The molecule has 2 heterocycles. The monoisotopic (exact) mass is 460 g/mol. The smallest absolute Gasteiger partial charge is 0.253 e. The summed E-state index contributed by atoms with van der Waals surface area (Å²) >= 11 is 0. The van der Waals surface area contributed by atoms with Crippen molar-refractivity contribution in [3.05, 3.63) is 87.2 Å². The van der Waals surface area contributed by atoms with E-state index in [0.717, 1.165) is 46.1 Å². The number of aryl methyl sites for hydroxylation is 2. The lowest BCUT2D eigenvalue weighted by molar-refractivity contribution is 0.0952. The zero-order valence-electron chi connectivity index (χ0n) is 19.9. The van der Waals surface area contributed by atoms with E-state index in [4.69, 9.17) is 0 Å². The van der Waals surface area contributed by atoms with Crippen molar-refractivity contribution in [3.8, 4) is 11.1 Å². The number of H-pyrrole nitrogens is 1. The lowest BCUT2D eigenvalue weighted by atomic mass is 9.99. The number of fused-ring (bicyclic) bond motifs is 1. The van der Waals surface area contributed by atoms with Gasteiger partial charge in [-0.05, 0) is 74.2 Å². The van der Waals surface area contributed by atoms with Crippen molar-refractivity contribution in [1.82, 2.24) is 20.1 Å². The van der Waals surface area contributed by atoms with Gasteiger partial charge in [0.2, 0.25) is 0 Å². The summed E-state index contributed by atoms with van der Waals surface area (Å²) < 4.78 is 15.3. The van der Waals surface area contributed by atoms with E-state index in [1.54, 1.807) is 24.4 Å². The van der Waals surface area contributed by atoms with E-state index >= 15 is 0 Å². The Morgan fingerprint density at radius 3 is 2.56 bits per heavy atom. The Kier molecular flexibility index (Phi) is 6.63. The number of benzene rings is 2. The number of hydrogen-bond acceptors (Lipinski definition) is 3. The van der Waals surface area contributed by atoms with Gasteiger partial charge in [-0.25, -0.2) is 4.39 Å². The number of rotatable bonds is 7. The second-order valence-corrected chi connectivity index (χ2v) is 8.86. The quantitative estimate of drug-likeness (QED) is 0.393. The minimum absolute atomic E-state index is 0.0969. The zero-order valence-corrected chi connectivity index (χ0v) is 19.9. The number of halogens is 1. The van der Waals surface area contributed by atoms with Gasteiger partial charge in [0, 0.05) is 29.2 Å². The van der Waals surface area contributed by atoms with Crippen LogP contribution < -0.4 is 10.9 Å². The van der Waals surface area contributed by atoms with Crippen LogP contribution in [0.1, 0.15) is 60.4 Å². The Hall–Kier alpha value is -3.74. The summed E-state index contributed by atoms with van der Waals surface area (Å²) in [6.45, 7) is 8.09. The highest BCUT2D eigenvalue weighted by Gasteiger charge is 2.18. The summed E-state index contributed by atoms with van der Waals surface area (Å²) in [7, 11) is 0. The van der Waals surface area contributed by atoms with Crippen LogP contribution in [0.5, 0.6) is 0 Å². The number of amides is 1. The van der Waals surface area contributed by atoms with E-state index < -0.39 is 0 Å². The van der Waals surface area contributed by atoms with E-state index in [1.165, 1.54) is 12.1 Å². The van der Waals surface area contributed by atoms with Crippen LogP contribution in [-0.2, 0) is 13.0 Å². The van der Waals surface area contributed by atoms with Crippen molar-refractivity contribution in [2.24, 2.45) is 0 Å². The average Bonchev–Trinajstić information content (AvgIpc) is 3.22.